The molecule has 1 aliphatic rings. The lowest BCUT2D eigenvalue weighted by Crippen LogP contribution is -2.23. The summed E-state index contributed by atoms with van der Waals surface area (Å²) >= 11 is 0. The molecule has 1 heterocycles. The Morgan fingerprint density at radius 2 is 2.07 bits per heavy atom. The Morgan fingerprint density at radius 1 is 1.43 bits per heavy atom. The van der Waals surface area contributed by atoms with E-state index in [1.54, 1.807) is 0 Å². The molecule has 2 rings (SSSR count). The first-order valence-electron chi connectivity index (χ1n) is 4.61. The molecule has 1 saturated carbocycles. The number of rotatable bonds is 4. The Balaban J connectivity index is 2.00. The van der Waals surface area contributed by atoms with Gasteiger partial charge in [0.25, 0.3) is 0 Å². The van der Waals surface area contributed by atoms with Crippen LogP contribution in [0.1, 0.15) is 19.3 Å². The van der Waals surface area contributed by atoms with E-state index in [1.165, 1.54) is 0 Å². The van der Waals surface area contributed by atoms with E-state index in [2.05, 4.69) is 15.3 Å². The number of nitrogens with one attached hydrogen (secondary N) is 1. The zero-order valence-corrected chi connectivity index (χ0v) is 7.70. The van der Waals surface area contributed by atoms with Gasteiger partial charge in [0.2, 0.25) is 5.95 Å². The minimum absolute atomic E-state index is 0.0490. The molecule has 1 aliphatic carbocycles. The monoisotopic (exact) mass is 197 g/mol. The van der Waals surface area contributed by atoms with Crippen LogP contribution in [0.5, 0.6) is 0 Å². The fraction of sp³-hybridized carbons (Fsp3) is 0.556. The molecule has 5 heteroatoms. The van der Waals surface area contributed by atoms with E-state index >= 15 is 0 Å². The topological polar surface area (TPSA) is 58.0 Å². The summed E-state index contributed by atoms with van der Waals surface area (Å²) in [6.45, 7) is 0.147. The minimum Gasteiger partial charge on any atom is -0.396 e. The van der Waals surface area contributed by atoms with Gasteiger partial charge in [-0.25, -0.2) is 14.4 Å². The number of aliphatic hydroxyl groups is 1. The van der Waals surface area contributed by atoms with Gasteiger partial charge in [-0.05, 0) is 19.3 Å². The molecule has 0 bridgehead atoms. The third-order valence-corrected chi connectivity index (χ3v) is 2.44. The molecule has 4 nitrogen and oxygen atoms in total. The van der Waals surface area contributed by atoms with Gasteiger partial charge >= 0.3 is 0 Å². The van der Waals surface area contributed by atoms with Crippen molar-refractivity contribution in [1.82, 2.24) is 9.97 Å². The number of anilines is 1. The summed E-state index contributed by atoms with van der Waals surface area (Å²) < 4.78 is 12.5. The molecule has 1 aromatic rings. The van der Waals surface area contributed by atoms with Crippen LogP contribution in [-0.4, -0.2) is 27.2 Å². The van der Waals surface area contributed by atoms with Crippen LogP contribution in [0.4, 0.5) is 10.3 Å². The molecule has 1 aromatic heterocycles. The predicted octanol–water partition coefficient (Wildman–Crippen LogP) is 0.943. The van der Waals surface area contributed by atoms with Crippen LogP contribution in [0, 0.1) is 5.82 Å². The molecule has 0 amide bonds. The molecular weight excluding hydrogens is 185 g/mol. The summed E-state index contributed by atoms with van der Waals surface area (Å²) in [6.07, 6.45) is 4.96. The second-order valence-corrected chi connectivity index (χ2v) is 3.60. The largest absolute Gasteiger partial charge is 0.396 e. The van der Waals surface area contributed by atoms with Crippen LogP contribution in [0.3, 0.4) is 0 Å². The maximum atomic E-state index is 12.5. The molecule has 0 unspecified atom stereocenters. The summed E-state index contributed by atoms with van der Waals surface area (Å²) in [6, 6.07) is 0. The average molecular weight is 197 g/mol. The van der Waals surface area contributed by atoms with Crippen molar-refractivity contribution in [2.75, 3.05) is 11.9 Å². The highest BCUT2D eigenvalue weighted by molar-refractivity contribution is 5.32. The van der Waals surface area contributed by atoms with Crippen LogP contribution < -0.4 is 5.32 Å². The lowest BCUT2D eigenvalue weighted by molar-refractivity contribution is 0.275. The Bertz CT molecular complexity index is 310. The van der Waals surface area contributed by atoms with E-state index in [4.69, 9.17) is 5.11 Å². The Kier molecular flexibility index (Phi) is 2.33. The third-order valence-electron chi connectivity index (χ3n) is 2.44. The molecule has 0 saturated heterocycles. The van der Waals surface area contributed by atoms with Crippen molar-refractivity contribution < 1.29 is 9.50 Å². The van der Waals surface area contributed by atoms with E-state index in [9.17, 15) is 4.39 Å². The smallest absolute Gasteiger partial charge is 0.223 e. The standard InChI is InChI=1S/C9H12FN3O/c10-7-5-11-8(12-6-7)13-9(1-2-9)3-4-14/h5-6,14H,1-4H2,(H,11,12,13). The van der Waals surface area contributed by atoms with E-state index in [0.717, 1.165) is 25.2 Å². The second-order valence-electron chi connectivity index (χ2n) is 3.60. The molecular formula is C9H12FN3O. The first-order valence-corrected chi connectivity index (χ1v) is 4.61. The fourth-order valence-electron chi connectivity index (χ4n) is 1.42. The predicted molar refractivity (Wildman–Crippen MR) is 49.3 cm³/mol. The van der Waals surface area contributed by atoms with Crippen molar-refractivity contribution in [3.8, 4) is 0 Å². The van der Waals surface area contributed by atoms with Gasteiger partial charge in [-0.15, -0.1) is 0 Å². The van der Waals surface area contributed by atoms with Gasteiger partial charge < -0.3 is 10.4 Å². The number of aliphatic hydroxyl groups excluding tert-OH is 1. The summed E-state index contributed by atoms with van der Waals surface area (Å²) in [5.41, 5.74) is -0.0490. The van der Waals surface area contributed by atoms with Crippen LogP contribution >= 0.6 is 0 Å². The molecule has 14 heavy (non-hydrogen) atoms. The molecule has 0 radical (unpaired) electrons. The van der Waals surface area contributed by atoms with Crippen LogP contribution in [-0.2, 0) is 0 Å². The third kappa shape index (κ3) is 1.98. The van der Waals surface area contributed by atoms with Gasteiger partial charge in [0.15, 0.2) is 5.82 Å². The van der Waals surface area contributed by atoms with Crippen molar-refractivity contribution in [2.24, 2.45) is 0 Å². The summed E-state index contributed by atoms with van der Waals surface area (Å²) in [7, 11) is 0. The molecule has 0 atom stereocenters. The summed E-state index contributed by atoms with van der Waals surface area (Å²) in [5, 5.41) is 11.9. The highest BCUT2D eigenvalue weighted by atomic mass is 19.1. The molecule has 0 spiro atoms. The maximum Gasteiger partial charge on any atom is 0.223 e. The van der Waals surface area contributed by atoms with Crippen LogP contribution in [0.2, 0.25) is 0 Å². The van der Waals surface area contributed by atoms with Gasteiger partial charge in [0.05, 0.1) is 12.4 Å². The van der Waals surface area contributed by atoms with E-state index < -0.39 is 5.82 Å². The normalized spacial score (nSPS) is 17.9. The highest BCUT2D eigenvalue weighted by Crippen LogP contribution is 2.40. The lowest BCUT2D eigenvalue weighted by Gasteiger charge is -2.15. The number of nitrogens with zero attached hydrogens (tertiary/aromatic N) is 2. The van der Waals surface area contributed by atoms with Crippen LogP contribution in [0.15, 0.2) is 12.4 Å². The zero-order chi connectivity index (χ0) is 10.0. The number of hydrogen-bond acceptors (Lipinski definition) is 4. The molecule has 76 valence electrons. The Labute approximate surface area is 81.2 Å². The molecule has 1 fully saturated rings. The lowest BCUT2D eigenvalue weighted by atomic mass is 10.2. The van der Waals surface area contributed by atoms with Crippen molar-refractivity contribution >= 4 is 5.95 Å². The molecule has 0 aliphatic heterocycles. The van der Waals surface area contributed by atoms with Crippen LogP contribution in [0.25, 0.3) is 0 Å². The average Bonchev–Trinajstić information content (AvgIpc) is 2.90. The van der Waals surface area contributed by atoms with E-state index in [1.807, 2.05) is 0 Å². The first kappa shape index (κ1) is 9.33. The van der Waals surface area contributed by atoms with Crippen molar-refractivity contribution in [1.29, 1.82) is 0 Å². The second kappa shape index (κ2) is 3.49. The first-order chi connectivity index (χ1) is 6.74. The molecule has 0 aromatic carbocycles. The van der Waals surface area contributed by atoms with Crippen molar-refractivity contribution in [3.63, 3.8) is 0 Å². The zero-order valence-electron chi connectivity index (χ0n) is 7.70. The van der Waals surface area contributed by atoms with E-state index in [-0.39, 0.29) is 12.1 Å². The van der Waals surface area contributed by atoms with E-state index in [0.29, 0.717) is 12.4 Å². The molecule has 2 N–H and O–H groups in total. The number of hydrogen-bond donors (Lipinski definition) is 2. The SMILES string of the molecule is OCCC1(Nc2ncc(F)cn2)CC1. The fourth-order valence-corrected chi connectivity index (χ4v) is 1.42. The van der Waals surface area contributed by atoms with Crippen molar-refractivity contribution in [2.45, 2.75) is 24.8 Å². The Morgan fingerprint density at radius 3 is 2.57 bits per heavy atom. The highest BCUT2D eigenvalue weighted by Gasteiger charge is 2.42. The van der Waals surface area contributed by atoms with Crippen molar-refractivity contribution in [3.05, 3.63) is 18.2 Å². The quantitative estimate of drug-likeness (QED) is 0.754. The minimum atomic E-state index is -0.442. The number of aromatic nitrogens is 2. The Hall–Kier alpha value is -1.23. The summed E-state index contributed by atoms with van der Waals surface area (Å²) in [5.74, 6) is -0.0140. The van der Waals surface area contributed by atoms with Gasteiger partial charge in [-0.2, -0.15) is 0 Å². The van der Waals surface area contributed by atoms with Gasteiger partial charge in [0, 0.05) is 12.1 Å². The maximum absolute atomic E-state index is 12.5. The number of halogens is 1. The van der Waals surface area contributed by atoms with Gasteiger partial charge in [0.1, 0.15) is 0 Å². The summed E-state index contributed by atoms with van der Waals surface area (Å²) in [4.78, 5) is 7.61. The van der Waals surface area contributed by atoms with Gasteiger partial charge in [-0.1, -0.05) is 0 Å². The van der Waals surface area contributed by atoms with Gasteiger partial charge in [-0.3, -0.25) is 0 Å².